The molecule has 0 aromatic carbocycles. The monoisotopic (exact) mass is 332 g/mol. The lowest BCUT2D eigenvalue weighted by Crippen LogP contribution is -2.69. The molecule has 0 aromatic rings. The normalized spacial score (nSPS) is 52.6. The van der Waals surface area contributed by atoms with Gasteiger partial charge in [0.15, 0.2) is 6.29 Å². The summed E-state index contributed by atoms with van der Waals surface area (Å²) in [6, 6.07) is 0. The Balaban J connectivity index is 1.80. The van der Waals surface area contributed by atoms with Crippen LogP contribution in [0.1, 0.15) is 46.5 Å². The van der Waals surface area contributed by atoms with Crippen LogP contribution in [0, 0.1) is 0 Å². The van der Waals surface area contributed by atoms with Gasteiger partial charge in [-0.2, -0.15) is 0 Å². The third kappa shape index (κ3) is 2.72. The third-order valence-electron chi connectivity index (χ3n) is 5.90. The molecule has 3 aliphatic heterocycles. The number of rotatable bonds is 3. The van der Waals surface area contributed by atoms with Crippen LogP contribution in [0.5, 0.6) is 0 Å². The molecule has 134 valence electrons. The summed E-state index contributed by atoms with van der Waals surface area (Å²) in [4.78, 5) is 0. The van der Waals surface area contributed by atoms with E-state index in [1.54, 1.807) is 0 Å². The standard InChI is InChI=1S/C16H28O7/c1-14(2)16(6-4-15(3,23-14)5-7-16)22-13-12(20)11(19)10(18)9(8-17)21-13/h9-13,17-20H,4-8H2,1-3H3/t9-,10-,11+,12-,13+,15?,16?/m1/s1. The number of ether oxygens (including phenoxy) is 3. The summed E-state index contributed by atoms with van der Waals surface area (Å²) in [5, 5.41) is 39.3. The molecule has 0 spiro atoms. The van der Waals surface area contributed by atoms with E-state index in [-0.39, 0.29) is 5.60 Å². The molecule has 23 heavy (non-hydrogen) atoms. The smallest absolute Gasteiger partial charge is 0.187 e. The Morgan fingerprint density at radius 3 is 2.09 bits per heavy atom. The van der Waals surface area contributed by atoms with Gasteiger partial charge in [0.2, 0.25) is 0 Å². The van der Waals surface area contributed by atoms with Crippen LogP contribution < -0.4 is 0 Å². The predicted octanol–water partition coefficient (Wildman–Crippen LogP) is -0.317. The van der Waals surface area contributed by atoms with Gasteiger partial charge in [-0.25, -0.2) is 0 Å². The van der Waals surface area contributed by atoms with Gasteiger partial charge in [0, 0.05) is 0 Å². The highest BCUT2D eigenvalue weighted by molar-refractivity contribution is 5.10. The van der Waals surface area contributed by atoms with Gasteiger partial charge in [-0.05, 0) is 46.5 Å². The van der Waals surface area contributed by atoms with Gasteiger partial charge < -0.3 is 34.6 Å². The Morgan fingerprint density at radius 2 is 1.57 bits per heavy atom. The molecule has 0 radical (unpaired) electrons. The first-order valence-electron chi connectivity index (χ1n) is 8.32. The minimum atomic E-state index is -1.43. The lowest BCUT2D eigenvalue weighted by atomic mass is 9.65. The Hall–Kier alpha value is -0.280. The van der Waals surface area contributed by atoms with Crippen molar-refractivity contribution in [2.24, 2.45) is 0 Å². The van der Waals surface area contributed by atoms with Crippen molar-refractivity contribution >= 4 is 0 Å². The lowest BCUT2D eigenvalue weighted by molar-refractivity contribution is -0.383. The highest BCUT2D eigenvalue weighted by Gasteiger charge is 2.61. The predicted molar refractivity (Wildman–Crippen MR) is 79.6 cm³/mol. The van der Waals surface area contributed by atoms with Gasteiger partial charge in [-0.15, -0.1) is 0 Å². The molecule has 4 N–H and O–H groups in total. The van der Waals surface area contributed by atoms with Crippen LogP contribution in [0.3, 0.4) is 0 Å². The van der Waals surface area contributed by atoms with E-state index < -0.39 is 48.5 Å². The summed E-state index contributed by atoms with van der Waals surface area (Å²) in [5.74, 6) is 0. The first-order valence-corrected chi connectivity index (χ1v) is 8.32. The second-order valence-electron chi connectivity index (χ2n) is 7.87. The molecule has 5 atom stereocenters. The van der Waals surface area contributed by atoms with E-state index in [0.717, 1.165) is 25.7 Å². The maximum Gasteiger partial charge on any atom is 0.187 e. The summed E-state index contributed by atoms with van der Waals surface area (Å²) >= 11 is 0. The molecular weight excluding hydrogens is 304 g/mol. The number of hydrogen-bond acceptors (Lipinski definition) is 7. The SMILES string of the molecule is CC12CCC(O[C@@H]3O[C@H](CO)[C@@H](O)[C@H](O)[C@H]3O)(CC1)C(C)(C)O2. The summed E-state index contributed by atoms with van der Waals surface area (Å²) in [6.07, 6.45) is -3.01. The zero-order chi connectivity index (χ0) is 17.0. The second kappa shape index (κ2) is 5.62. The van der Waals surface area contributed by atoms with Crippen molar-refractivity contribution in [2.45, 2.75) is 94.0 Å². The molecule has 2 bridgehead atoms. The van der Waals surface area contributed by atoms with Crippen molar-refractivity contribution in [2.75, 3.05) is 6.61 Å². The van der Waals surface area contributed by atoms with E-state index in [4.69, 9.17) is 14.2 Å². The molecule has 4 rings (SSSR count). The fourth-order valence-electron chi connectivity index (χ4n) is 4.24. The topological polar surface area (TPSA) is 109 Å². The Morgan fingerprint density at radius 1 is 0.957 bits per heavy atom. The van der Waals surface area contributed by atoms with E-state index in [9.17, 15) is 20.4 Å². The molecule has 7 nitrogen and oxygen atoms in total. The average Bonchev–Trinajstić information content (AvgIpc) is 2.48. The molecular formula is C16H28O7. The van der Waals surface area contributed by atoms with E-state index in [0.29, 0.717) is 0 Å². The Kier molecular flexibility index (Phi) is 4.29. The number of aliphatic hydroxyl groups is 4. The highest BCUT2D eigenvalue weighted by Crippen LogP contribution is 2.54. The third-order valence-corrected chi connectivity index (χ3v) is 5.90. The molecule has 0 aromatic heterocycles. The van der Waals surface area contributed by atoms with Gasteiger partial charge in [0.05, 0.1) is 17.8 Å². The van der Waals surface area contributed by atoms with Gasteiger partial charge >= 0.3 is 0 Å². The molecule has 0 unspecified atom stereocenters. The van der Waals surface area contributed by atoms with Gasteiger partial charge in [0.25, 0.3) is 0 Å². The molecule has 4 aliphatic rings. The zero-order valence-corrected chi connectivity index (χ0v) is 13.9. The minimum absolute atomic E-state index is 0.149. The molecule has 1 aliphatic carbocycles. The van der Waals surface area contributed by atoms with E-state index >= 15 is 0 Å². The van der Waals surface area contributed by atoms with Crippen molar-refractivity contribution < 1.29 is 34.6 Å². The summed E-state index contributed by atoms with van der Waals surface area (Å²) in [7, 11) is 0. The first kappa shape index (κ1) is 17.5. The Bertz CT molecular complexity index is 442. The van der Waals surface area contributed by atoms with Crippen molar-refractivity contribution in [3.05, 3.63) is 0 Å². The van der Waals surface area contributed by atoms with Crippen LogP contribution in [0.15, 0.2) is 0 Å². The van der Waals surface area contributed by atoms with Crippen molar-refractivity contribution in [3.8, 4) is 0 Å². The van der Waals surface area contributed by atoms with Crippen molar-refractivity contribution in [1.29, 1.82) is 0 Å². The van der Waals surface area contributed by atoms with E-state index in [1.165, 1.54) is 0 Å². The maximum absolute atomic E-state index is 10.2. The molecule has 1 saturated carbocycles. The fourth-order valence-corrected chi connectivity index (χ4v) is 4.24. The summed E-state index contributed by atoms with van der Waals surface area (Å²) in [5.41, 5.74) is -1.33. The molecule has 3 saturated heterocycles. The van der Waals surface area contributed by atoms with Crippen molar-refractivity contribution in [3.63, 3.8) is 0 Å². The summed E-state index contributed by atoms with van der Waals surface area (Å²) in [6.45, 7) is 5.57. The highest BCUT2D eigenvalue weighted by atomic mass is 16.7. The van der Waals surface area contributed by atoms with Crippen LogP contribution in [-0.2, 0) is 14.2 Å². The quantitative estimate of drug-likeness (QED) is 0.561. The molecule has 7 heteroatoms. The maximum atomic E-state index is 10.2. The van der Waals surface area contributed by atoms with Crippen LogP contribution in [0.4, 0.5) is 0 Å². The number of hydrogen-bond donors (Lipinski definition) is 4. The van der Waals surface area contributed by atoms with Crippen molar-refractivity contribution in [1.82, 2.24) is 0 Å². The first-order chi connectivity index (χ1) is 10.6. The summed E-state index contributed by atoms with van der Waals surface area (Å²) < 4.78 is 17.9. The van der Waals surface area contributed by atoms with Crippen LogP contribution >= 0.6 is 0 Å². The zero-order valence-electron chi connectivity index (χ0n) is 13.9. The van der Waals surface area contributed by atoms with E-state index in [2.05, 4.69) is 6.92 Å². The largest absolute Gasteiger partial charge is 0.394 e. The van der Waals surface area contributed by atoms with Crippen LogP contribution in [0.2, 0.25) is 0 Å². The van der Waals surface area contributed by atoms with Crippen LogP contribution in [0.25, 0.3) is 0 Å². The minimum Gasteiger partial charge on any atom is -0.394 e. The molecule has 3 heterocycles. The Labute approximate surface area is 136 Å². The van der Waals surface area contributed by atoms with E-state index in [1.807, 2.05) is 13.8 Å². The number of aliphatic hydroxyl groups excluding tert-OH is 4. The van der Waals surface area contributed by atoms with Gasteiger partial charge in [0.1, 0.15) is 30.0 Å². The fraction of sp³-hybridized carbons (Fsp3) is 1.00. The van der Waals surface area contributed by atoms with Crippen LogP contribution in [-0.4, -0.2) is 74.5 Å². The molecule has 4 fully saturated rings. The van der Waals surface area contributed by atoms with Gasteiger partial charge in [-0.1, -0.05) is 0 Å². The number of fused-ring (bicyclic) bond motifs is 3. The lowest BCUT2D eigenvalue weighted by Gasteiger charge is -2.61. The molecule has 0 amide bonds. The second-order valence-corrected chi connectivity index (χ2v) is 7.87. The average molecular weight is 332 g/mol. The van der Waals surface area contributed by atoms with Gasteiger partial charge in [-0.3, -0.25) is 0 Å².